The summed E-state index contributed by atoms with van der Waals surface area (Å²) in [6.07, 6.45) is 10.0. The van der Waals surface area contributed by atoms with E-state index in [1.165, 1.54) is 60.8 Å². The molecule has 0 bridgehead atoms. The van der Waals surface area contributed by atoms with Crippen molar-refractivity contribution in [3.63, 3.8) is 0 Å². The van der Waals surface area contributed by atoms with Crippen molar-refractivity contribution in [2.75, 3.05) is 13.4 Å². The lowest BCUT2D eigenvalue weighted by Crippen LogP contribution is -2.27. The van der Waals surface area contributed by atoms with E-state index >= 15 is 0 Å². The maximum absolute atomic E-state index is 5.32. The molecule has 0 radical (unpaired) electrons. The summed E-state index contributed by atoms with van der Waals surface area (Å²) in [5.41, 5.74) is 6.15. The van der Waals surface area contributed by atoms with Crippen LogP contribution in [0.15, 0.2) is 115 Å². The van der Waals surface area contributed by atoms with Gasteiger partial charge in [-0.25, -0.2) is 0 Å². The third-order valence-corrected chi connectivity index (χ3v) is 10.5. The molecule has 0 aliphatic heterocycles. The van der Waals surface area contributed by atoms with Crippen LogP contribution in [0.2, 0.25) is 0 Å². The van der Waals surface area contributed by atoms with E-state index in [4.69, 9.17) is 4.74 Å². The van der Waals surface area contributed by atoms with Gasteiger partial charge in [0, 0.05) is 0 Å². The van der Waals surface area contributed by atoms with E-state index in [1.807, 2.05) is 23.9 Å². The first kappa shape index (κ1) is 35.5. The Morgan fingerprint density at radius 1 is 0.614 bits per heavy atom. The molecule has 0 saturated heterocycles. The zero-order valence-electron chi connectivity index (χ0n) is 28.6. The number of ether oxygens (including phenoxy) is 1. The van der Waals surface area contributed by atoms with Gasteiger partial charge >= 0.3 is 0 Å². The zero-order chi connectivity index (χ0) is 32.1. The highest BCUT2D eigenvalue weighted by molar-refractivity contribution is 8.00. The average molecular weight is 609 g/mol. The number of methoxy groups -OCH3 is 1. The largest absolute Gasteiger partial charge is 0.497 e. The monoisotopic (exact) mass is 608 g/mol. The molecule has 44 heavy (non-hydrogen) atoms. The van der Waals surface area contributed by atoms with Crippen LogP contribution in [0.5, 0.6) is 5.75 Å². The second-order valence-electron chi connectivity index (χ2n) is 13.5. The van der Waals surface area contributed by atoms with E-state index in [0.29, 0.717) is 16.7 Å². The molecule has 1 unspecified atom stereocenters. The average Bonchev–Trinajstić information content (AvgIpc) is 3.05. The zero-order valence-corrected chi connectivity index (χ0v) is 29.4. The van der Waals surface area contributed by atoms with Gasteiger partial charge in [-0.15, -0.1) is 11.8 Å². The molecule has 0 aromatic heterocycles. The first-order chi connectivity index (χ1) is 21.1. The van der Waals surface area contributed by atoms with Crippen molar-refractivity contribution in [2.45, 2.75) is 90.7 Å². The summed E-state index contributed by atoms with van der Waals surface area (Å²) in [7, 11) is 1.70. The van der Waals surface area contributed by atoms with Crippen molar-refractivity contribution in [3.8, 4) is 5.75 Å². The first-order valence-electron chi connectivity index (χ1n) is 16.5. The minimum Gasteiger partial charge on any atom is -0.497 e. The van der Waals surface area contributed by atoms with E-state index in [2.05, 4.69) is 151 Å². The van der Waals surface area contributed by atoms with Gasteiger partial charge in [-0.2, -0.15) is 0 Å². The summed E-state index contributed by atoms with van der Waals surface area (Å²) >= 11 is 1.85. The third kappa shape index (κ3) is 9.27. The van der Waals surface area contributed by atoms with Crippen LogP contribution in [0, 0.1) is 10.8 Å². The lowest BCUT2D eigenvalue weighted by molar-refractivity contribution is 0.175. The van der Waals surface area contributed by atoms with Gasteiger partial charge in [-0.05, 0) is 76.7 Å². The van der Waals surface area contributed by atoms with Gasteiger partial charge in [0.25, 0.3) is 0 Å². The second-order valence-corrected chi connectivity index (χ2v) is 14.5. The van der Waals surface area contributed by atoms with Crippen molar-refractivity contribution >= 4 is 11.8 Å². The maximum atomic E-state index is 5.32. The molecule has 4 aromatic carbocycles. The van der Waals surface area contributed by atoms with Crippen LogP contribution in [0.25, 0.3) is 0 Å². The topological polar surface area (TPSA) is 9.23 Å². The lowest BCUT2D eigenvalue weighted by atomic mass is 9.65. The molecule has 4 rings (SSSR count). The molecule has 236 valence electrons. The molecule has 0 amide bonds. The summed E-state index contributed by atoms with van der Waals surface area (Å²) in [6.45, 7) is 14.5. The van der Waals surface area contributed by atoms with Crippen LogP contribution in [0.4, 0.5) is 0 Å². The SMILES string of the molecule is CCCCC(C)(C)CC(c1ccccc1)C(C)(C)CCC.COc1ccc(C(SC)(c2ccccc2)c2ccccc2)cc1. The van der Waals surface area contributed by atoms with Gasteiger partial charge in [0.2, 0.25) is 0 Å². The van der Waals surface area contributed by atoms with Gasteiger partial charge in [-0.1, -0.05) is 164 Å². The summed E-state index contributed by atoms with van der Waals surface area (Å²) < 4.78 is 5.09. The molecule has 0 aliphatic rings. The standard InChI is InChI=1S/C21H20OS.C21H36/c1-22-20-15-13-19(14-16-20)21(23-2,17-9-5-3-6-10-17)18-11-7-4-8-12-18;1-7-9-16-20(3,4)17-19(21(5,6)15-8-2)18-13-11-10-12-14-18/h3-16H,1-2H3;10-14,19H,7-9,15-17H2,1-6H3. The summed E-state index contributed by atoms with van der Waals surface area (Å²) in [6, 6.07) is 40.9. The molecule has 4 aromatic rings. The van der Waals surface area contributed by atoms with Crippen LogP contribution in [-0.4, -0.2) is 13.4 Å². The fraction of sp³-hybridized carbons (Fsp3) is 0.429. The Labute approximate surface area is 273 Å². The van der Waals surface area contributed by atoms with Crippen LogP contribution in [-0.2, 0) is 4.75 Å². The van der Waals surface area contributed by atoms with Crippen molar-refractivity contribution < 1.29 is 4.74 Å². The smallest absolute Gasteiger partial charge is 0.118 e. The molecule has 2 heteroatoms. The van der Waals surface area contributed by atoms with Gasteiger partial charge in [-0.3, -0.25) is 0 Å². The maximum Gasteiger partial charge on any atom is 0.118 e. The Bertz CT molecular complexity index is 1290. The highest BCUT2D eigenvalue weighted by Crippen LogP contribution is 2.48. The van der Waals surface area contributed by atoms with Gasteiger partial charge in [0.1, 0.15) is 5.75 Å². The van der Waals surface area contributed by atoms with E-state index in [-0.39, 0.29) is 4.75 Å². The predicted molar refractivity (Wildman–Crippen MR) is 195 cm³/mol. The molecular formula is C42H56OS. The fourth-order valence-electron chi connectivity index (χ4n) is 6.68. The minimum atomic E-state index is -0.227. The number of benzene rings is 4. The number of thioether (sulfide) groups is 1. The van der Waals surface area contributed by atoms with Crippen molar-refractivity contribution in [1.82, 2.24) is 0 Å². The number of unbranched alkanes of at least 4 members (excludes halogenated alkanes) is 1. The Kier molecular flexibility index (Phi) is 13.7. The Morgan fingerprint density at radius 2 is 1.09 bits per heavy atom. The Balaban J connectivity index is 0.000000242. The quantitative estimate of drug-likeness (QED) is 0.132. The van der Waals surface area contributed by atoms with Crippen LogP contribution < -0.4 is 4.74 Å². The van der Waals surface area contributed by atoms with Crippen molar-refractivity contribution in [2.24, 2.45) is 10.8 Å². The minimum absolute atomic E-state index is 0.227. The molecule has 0 N–H and O–H groups in total. The van der Waals surface area contributed by atoms with Crippen molar-refractivity contribution in [1.29, 1.82) is 0 Å². The van der Waals surface area contributed by atoms with Gasteiger partial charge in [0.05, 0.1) is 11.9 Å². The second kappa shape index (κ2) is 16.9. The Hall–Kier alpha value is -2.97. The number of hydrogen-bond donors (Lipinski definition) is 0. The molecule has 1 nitrogen and oxygen atoms in total. The summed E-state index contributed by atoms with van der Waals surface area (Å²) in [4.78, 5) is 0. The summed E-state index contributed by atoms with van der Waals surface area (Å²) in [5, 5.41) is 0. The normalized spacial score (nSPS) is 12.6. The molecule has 0 saturated carbocycles. The molecule has 0 aliphatic carbocycles. The fourth-order valence-corrected chi connectivity index (χ4v) is 7.80. The van der Waals surface area contributed by atoms with E-state index in [0.717, 1.165) is 5.75 Å². The number of hydrogen-bond acceptors (Lipinski definition) is 2. The van der Waals surface area contributed by atoms with Crippen LogP contribution in [0.3, 0.4) is 0 Å². The first-order valence-corrected chi connectivity index (χ1v) is 17.7. The van der Waals surface area contributed by atoms with E-state index in [1.54, 1.807) is 7.11 Å². The van der Waals surface area contributed by atoms with Crippen LogP contribution in [0.1, 0.15) is 108 Å². The molecule has 0 heterocycles. The molecular weight excluding hydrogens is 553 g/mol. The van der Waals surface area contributed by atoms with Crippen LogP contribution >= 0.6 is 11.8 Å². The molecule has 1 atom stereocenters. The number of rotatable bonds is 14. The lowest BCUT2D eigenvalue weighted by Gasteiger charge is -2.40. The molecule has 0 spiro atoms. The van der Waals surface area contributed by atoms with Gasteiger partial charge < -0.3 is 4.74 Å². The van der Waals surface area contributed by atoms with E-state index in [9.17, 15) is 0 Å². The summed E-state index contributed by atoms with van der Waals surface area (Å²) in [5.74, 6) is 1.54. The Morgan fingerprint density at radius 3 is 1.52 bits per heavy atom. The molecule has 0 fully saturated rings. The van der Waals surface area contributed by atoms with Crippen molar-refractivity contribution in [3.05, 3.63) is 138 Å². The van der Waals surface area contributed by atoms with E-state index < -0.39 is 0 Å². The highest BCUT2D eigenvalue weighted by Gasteiger charge is 2.36. The van der Waals surface area contributed by atoms with Gasteiger partial charge in [0.15, 0.2) is 0 Å². The highest BCUT2D eigenvalue weighted by atomic mass is 32.2. The third-order valence-electron chi connectivity index (χ3n) is 9.17. The predicted octanol–water partition coefficient (Wildman–Crippen LogP) is 12.6.